The molecule has 3 nitrogen and oxygen atoms in total. The van der Waals surface area contributed by atoms with Crippen molar-refractivity contribution in [2.24, 2.45) is 0 Å². The lowest BCUT2D eigenvalue weighted by molar-refractivity contribution is 0.251. The maximum atomic E-state index is 5.39. The molecule has 20 heavy (non-hydrogen) atoms. The molecule has 0 aliphatic carbocycles. The van der Waals surface area contributed by atoms with Crippen molar-refractivity contribution in [2.45, 2.75) is 38.1 Å². The molecule has 0 spiro atoms. The molecule has 0 saturated heterocycles. The van der Waals surface area contributed by atoms with Crippen molar-refractivity contribution < 1.29 is 4.74 Å². The van der Waals surface area contributed by atoms with E-state index in [4.69, 9.17) is 4.74 Å². The summed E-state index contributed by atoms with van der Waals surface area (Å²) in [5, 5.41) is 0. The Bertz CT molecular complexity index is 445. The molecule has 0 N–H and O–H groups in total. The van der Waals surface area contributed by atoms with E-state index in [0.717, 1.165) is 12.3 Å². The van der Waals surface area contributed by atoms with Gasteiger partial charge in [-0.25, -0.2) is 0 Å². The minimum atomic E-state index is 0.615. The van der Waals surface area contributed by atoms with Gasteiger partial charge in [0.05, 0.1) is 7.11 Å². The Morgan fingerprint density at radius 1 is 1.40 bits per heavy atom. The van der Waals surface area contributed by atoms with Gasteiger partial charge < -0.3 is 14.5 Å². The minimum absolute atomic E-state index is 0.615. The van der Waals surface area contributed by atoms with E-state index >= 15 is 0 Å². The Kier molecular flexibility index (Phi) is 4.92. The number of rotatable bonds is 6. The quantitative estimate of drug-likeness (QED) is 0.792. The maximum Gasteiger partial charge on any atom is 0.119 e. The Morgan fingerprint density at radius 3 is 2.75 bits per heavy atom. The molecule has 1 aliphatic rings. The lowest BCUT2D eigenvalue weighted by atomic mass is 9.91. The van der Waals surface area contributed by atoms with Crippen molar-refractivity contribution in [1.29, 1.82) is 0 Å². The molecule has 2 atom stereocenters. The highest BCUT2D eigenvalue weighted by Gasteiger charge is 2.29. The molecule has 0 saturated carbocycles. The number of benzene rings is 1. The van der Waals surface area contributed by atoms with Crippen LogP contribution < -0.4 is 9.64 Å². The van der Waals surface area contributed by atoms with Crippen molar-refractivity contribution in [3.8, 4) is 5.75 Å². The fraction of sp³-hybridized carbons (Fsp3) is 0.647. The van der Waals surface area contributed by atoms with Crippen molar-refractivity contribution >= 4 is 5.69 Å². The summed E-state index contributed by atoms with van der Waals surface area (Å²) in [6.45, 7) is 3.39. The van der Waals surface area contributed by atoms with Crippen LogP contribution in [0.1, 0.15) is 37.7 Å². The van der Waals surface area contributed by atoms with Crippen LogP contribution in [-0.2, 0) is 0 Å². The van der Waals surface area contributed by atoms with Crippen molar-refractivity contribution in [3.05, 3.63) is 23.8 Å². The van der Waals surface area contributed by atoms with Crippen LogP contribution in [-0.4, -0.2) is 45.7 Å². The lowest BCUT2D eigenvalue weighted by Gasteiger charge is -2.27. The predicted octanol–water partition coefficient (Wildman–Crippen LogP) is 3.35. The van der Waals surface area contributed by atoms with Gasteiger partial charge in [-0.3, -0.25) is 0 Å². The predicted molar refractivity (Wildman–Crippen MR) is 86.0 cm³/mol. The van der Waals surface area contributed by atoms with Crippen LogP contribution in [0, 0.1) is 0 Å². The summed E-state index contributed by atoms with van der Waals surface area (Å²) in [6, 6.07) is 7.14. The summed E-state index contributed by atoms with van der Waals surface area (Å²) in [4.78, 5) is 4.75. The van der Waals surface area contributed by atoms with E-state index < -0.39 is 0 Å². The lowest BCUT2D eigenvalue weighted by Crippen LogP contribution is -2.30. The van der Waals surface area contributed by atoms with Crippen LogP contribution in [0.15, 0.2) is 18.2 Å². The Hall–Kier alpha value is -1.22. The van der Waals surface area contributed by atoms with Gasteiger partial charge in [0.15, 0.2) is 0 Å². The minimum Gasteiger partial charge on any atom is -0.497 e. The fourth-order valence-electron chi connectivity index (χ4n) is 3.31. The van der Waals surface area contributed by atoms with E-state index in [-0.39, 0.29) is 0 Å². The largest absolute Gasteiger partial charge is 0.497 e. The number of hydrogen-bond acceptors (Lipinski definition) is 3. The standard InChI is InChI=1S/C17H28N2O/c1-6-7-14(18(2)3)10-13-12-19(4)17-9-8-15(20-5)11-16(13)17/h8-9,11,13-14H,6-7,10,12H2,1-5H3. The van der Waals surface area contributed by atoms with Gasteiger partial charge in [0, 0.05) is 31.2 Å². The number of likely N-dealkylation sites (N-methyl/N-ethyl adjacent to an activating group) is 1. The van der Waals surface area contributed by atoms with Gasteiger partial charge >= 0.3 is 0 Å². The third kappa shape index (κ3) is 3.09. The first-order valence-corrected chi connectivity index (χ1v) is 7.62. The van der Waals surface area contributed by atoms with E-state index in [1.54, 1.807) is 7.11 Å². The van der Waals surface area contributed by atoms with E-state index in [0.29, 0.717) is 12.0 Å². The topological polar surface area (TPSA) is 15.7 Å². The van der Waals surface area contributed by atoms with Crippen LogP contribution in [0.2, 0.25) is 0 Å². The third-order valence-corrected chi connectivity index (χ3v) is 4.49. The first-order chi connectivity index (χ1) is 9.56. The second-order valence-electron chi connectivity index (χ2n) is 6.14. The molecule has 1 aromatic carbocycles. The molecule has 112 valence electrons. The second kappa shape index (κ2) is 6.49. The summed E-state index contributed by atoms with van der Waals surface area (Å²) in [7, 11) is 8.34. The number of anilines is 1. The first-order valence-electron chi connectivity index (χ1n) is 7.62. The Labute approximate surface area is 123 Å². The average molecular weight is 276 g/mol. The molecule has 0 aromatic heterocycles. The smallest absolute Gasteiger partial charge is 0.119 e. The molecule has 0 amide bonds. The first kappa shape index (κ1) is 15.2. The van der Waals surface area contributed by atoms with E-state index in [9.17, 15) is 0 Å². The SMILES string of the molecule is CCCC(CC1CN(C)c2ccc(OC)cc21)N(C)C. The second-order valence-corrected chi connectivity index (χ2v) is 6.14. The molecule has 3 heteroatoms. The van der Waals surface area contributed by atoms with Crippen LogP contribution >= 0.6 is 0 Å². The molecule has 0 bridgehead atoms. The van der Waals surface area contributed by atoms with Crippen LogP contribution in [0.5, 0.6) is 5.75 Å². The van der Waals surface area contributed by atoms with Crippen molar-refractivity contribution in [1.82, 2.24) is 4.90 Å². The summed E-state index contributed by atoms with van der Waals surface area (Å²) in [5.74, 6) is 1.59. The molecule has 1 heterocycles. The van der Waals surface area contributed by atoms with Gasteiger partial charge in [-0.05, 0) is 50.7 Å². The van der Waals surface area contributed by atoms with Crippen molar-refractivity contribution in [2.75, 3.05) is 39.7 Å². The van der Waals surface area contributed by atoms with Gasteiger partial charge in [0.2, 0.25) is 0 Å². The molecular weight excluding hydrogens is 248 g/mol. The molecule has 2 unspecified atom stereocenters. The molecule has 1 aliphatic heterocycles. The van der Waals surface area contributed by atoms with Gasteiger partial charge in [-0.1, -0.05) is 13.3 Å². The molecular formula is C17H28N2O. The zero-order chi connectivity index (χ0) is 14.7. The number of hydrogen-bond donors (Lipinski definition) is 0. The van der Waals surface area contributed by atoms with Gasteiger partial charge in [-0.15, -0.1) is 0 Å². The summed E-state index contributed by atoms with van der Waals surface area (Å²) in [5.41, 5.74) is 2.82. The van der Waals surface area contributed by atoms with Crippen molar-refractivity contribution in [3.63, 3.8) is 0 Å². The molecule has 2 rings (SSSR count). The zero-order valence-corrected chi connectivity index (χ0v) is 13.5. The van der Waals surface area contributed by atoms with Gasteiger partial charge in [-0.2, -0.15) is 0 Å². The van der Waals surface area contributed by atoms with Gasteiger partial charge in [0.1, 0.15) is 5.75 Å². The third-order valence-electron chi connectivity index (χ3n) is 4.49. The monoisotopic (exact) mass is 276 g/mol. The summed E-state index contributed by atoms with van der Waals surface area (Å²) in [6.07, 6.45) is 3.74. The van der Waals surface area contributed by atoms with Gasteiger partial charge in [0.25, 0.3) is 0 Å². The number of ether oxygens (including phenoxy) is 1. The maximum absolute atomic E-state index is 5.39. The van der Waals surface area contributed by atoms with Crippen LogP contribution in [0.3, 0.4) is 0 Å². The average Bonchev–Trinajstić information content (AvgIpc) is 2.74. The van der Waals surface area contributed by atoms with E-state index in [1.165, 1.54) is 30.5 Å². The Morgan fingerprint density at radius 2 is 2.15 bits per heavy atom. The highest BCUT2D eigenvalue weighted by atomic mass is 16.5. The number of fused-ring (bicyclic) bond motifs is 1. The molecule has 0 fully saturated rings. The van der Waals surface area contributed by atoms with E-state index in [2.05, 4.69) is 56.1 Å². The fourth-order valence-corrected chi connectivity index (χ4v) is 3.31. The normalized spacial score (nSPS) is 19.3. The highest BCUT2D eigenvalue weighted by Crippen LogP contribution is 2.40. The van der Waals surface area contributed by atoms with Crippen LogP contribution in [0.4, 0.5) is 5.69 Å². The highest BCUT2D eigenvalue weighted by molar-refractivity contribution is 5.61. The number of nitrogens with zero attached hydrogens (tertiary/aromatic N) is 2. The zero-order valence-electron chi connectivity index (χ0n) is 13.5. The molecule has 0 radical (unpaired) electrons. The van der Waals surface area contributed by atoms with Crippen LogP contribution in [0.25, 0.3) is 0 Å². The van der Waals surface area contributed by atoms with E-state index in [1.807, 2.05) is 0 Å². The summed E-state index contributed by atoms with van der Waals surface area (Å²) >= 11 is 0. The number of methoxy groups -OCH3 is 1. The molecule has 1 aromatic rings. The Balaban J connectivity index is 2.19. The summed E-state index contributed by atoms with van der Waals surface area (Å²) < 4.78 is 5.39.